The van der Waals surface area contributed by atoms with Crippen molar-refractivity contribution in [3.05, 3.63) is 34.4 Å². The molecule has 2 aromatic carbocycles. The summed E-state index contributed by atoms with van der Waals surface area (Å²) < 4.78 is 59.3. The minimum Gasteiger partial charge on any atom is -0.491 e. The number of nitriles is 1. The molecule has 9 nitrogen and oxygen atoms in total. The van der Waals surface area contributed by atoms with E-state index in [4.69, 9.17) is 37.5 Å². The first kappa shape index (κ1) is 30.7. The molecule has 4 aromatic rings. The Labute approximate surface area is 278 Å². The standard InChI is InChI=1S/C33H33ClF3N7O2S/c34-24-22(18-4-5-20(36)28-21(18)19(13-38)29(39)47-28)25(37)26-23-27(24)45-11-3-9-43(15-32(40)6-1-7-32)30(23)42-31(41-26)46-16-33-8-2-10-44(33)14-17(35)12-33/h4-5,17H,1-3,6-12,14-16,39-40H2/t17-,33+/m1/s1. The highest BCUT2D eigenvalue weighted by atomic mass is 35.5. The van der Waals surface area contributed by atoms with Crippen LogP contribution in [-0.2, 0) is 0 Å². The maximum absolute atomic E-state index is 17.2. The molecule has 14 heteroatoms. The maximum atomic E-state index is 17.2. The van der Waals surface area contributed by atoms with Gasteiger partial charge in [-0.15, -0.1) is 11.3 Å². The van der Waals surface area contributed by atoms with Gasteiger partial charge in [0, 0.05) is 42.5 Å². The number of hydrogen-bond acceptors (Lipinski definition) is 10. The molecule has 0 radical (unpaired) electrons. The number of thiophene rings is 1. The van der Waals surface area contributed by atoms with Crippen molar-refractivity contribution >= 4 is 54.7 Å². The summed E-state index contributed by atoms with van der Waals surface area (Å²) >= 11 is 7.96. The van der Waals surface area contributed by atoms with E-state index in [0.29, 0.717) is 38.3 Å². The predicted octanol–water partition coefficient (Wildman–Crippen LogP) is 6.32. The minimum atomic E-state index is -0.942. The van der Waals surface area contributed by atoms with Crippen molar-refractivity contribution in [2.45, 2.75) is 62.2 Å². The van der Waals surface area contributed by atoms with Crippen LogP contribution in [0.2, 0.25) is 5.02 Å². The van der Waals surface area contributed by atoms with E-state index in [-0.39, 0.29) is 72.7 Å². The van der Waals surface area contributed by atoms with Crippen molar-refractivity contribution < 1.29 is 22.6 Å². The van der Waals surface area contributed by atoms with Gasteiger partial charge in [-0.3, -0.25) is 4.90 Å². The van der Waals surface area contributed by atoms with Crippen molar-refractivity contribution in [3.8, 4) is 29.0 Å². The number of fused-ring (bicyclic) bond motifs is 2. The molecule has 1 aliphatic carbocycles. The molecule has 47 heavy (non-hydrogen) atoms. The summed E-state index contributed by atoms with van der Waals surface area (Å²) in [6, 6.07) is 4.57. The molecule has 246 valence electrons. The summed E-state index contributed by atoms with van der Waals surface area (Å²) in [5.74, 6) is -0.819. The molecule has 4 aliphatic rings. The van der Waals surface area contributed by atoms with Crippen molar-refractivity contribution in [3.63, 3.8) is 0 Å². The number of halogens is 4. The van der Waals surface area contributed by atoms with Gasteiger partial charge < -0.3 is 25.8 Å². The van der Waals surface area contributed by atoms with E-state index < -0.39 is 28.9 Å². The molecule has 4 N–H and O–H groups in total. The van der Waals surface area contributed by atoms with Gasteiger partial charge in [-0.1, -0.05) is 17.7 Å². The van der Waals surface area contributed by atoms with Crippen molar-refractivity contribution in [2.24, 2.45) is 5.73 Å². The zero-order chi connectivity index (χ0) is 32.7. The number of hydrogen-bond donors (Lipinski definition) is 2. The second kappa shape index (κ2) is 11.3. The summed E-state index contributed by atoms with van der Waals surface area (Å²) in [7, 11) is 0. The molecule has 0 unspecified atom stereocenters. The molecule has 2 saturated heterocycles. The summed E-state index contributed by atoms with van der Waals surface area (Å²) in [6.45, 7) is 2.62. The van der Waals surface area contributed by atoms with Gasteiger partial charge in [0.15, 0.2) is 11.6 Å². The van der Waals surface area contributed by atoms with Gasteiger partial charge in [0.25, 0.3) is 0 Å². The number of alkyl halides is 1. The van der Waals surface area contributed by atoms with Gasteiger partial charge in [-0.25, -0.2) is 13.2 Å². The van der Waals surface area contributed by atoms with Gasteiger partial charge in [-0.05, 0) is 56.7 Å². The Kier molecular flexibility index (Phi) is 7.36. The number of nitrogens with two attached hydrogens (primary N) is 2. The number of ether oxygens (including phenoxy) is 2. The largest absolute Gasteiger partial charge is 0.491 e. The molecule has 3 fully saturated rings. The molecule has 1 saturated carbocycles. The summed E-state index contributed by atoms with van der Waals surface area (Å²) in [6.07, 6.45) is 4.48. The van der Waals surface area contributed by atoms with Crippen molar-refractivity contribution in [1.29, 1.82) is 5.26 Å². The Morgan fingerprint density at radius 1 is 1.15 bits per heavy atom. The normalized spacial score (nSPS) is 23.7. The number of rotatable bonds is 6. The SMILES string of the molecule is N#Cc1c(N)sc2c(F)ccc(-c3c(Cl)c4c5c(nc(OC[C@@]67CCCN6C[C@H](F)C7)nc5c3F)N(CC3(N)CCC3)CCCO4)c12. The Morgan fingerprint density at radius 3 is 2.74 bits per heavy atom. The van der Waals surface area contributed by atoms with Crippen LogP contribution in [0.1, 0.15) is 50.5 Å². The van der Waals surface area contributed by atoms with Gasteiger partial charge in [0.05, 0.1) is 32.8 Å². The van der Waals surface area contributed by atoms with E-state index in [2.05, 4.69) is 9.88 Å². The second-order valence-corrected chi connectivity index (χ2v) is 14.8. The lowest BCUT2D eigenvalue weighted by Crippen LogP contribution is -2.55. The highest BCUT2D eigenvalue weighted by Crippen LogP contribution is 2.51. The molecule has 8 rings (SSSR count). The first-order valence-corrected chi connectivity index (χ1v) is 17.1. The Balaban J connectivity index is 1.34. The first-order valence-electron chi connectivity index (χ1n) is 15.9. The van der Waals surface area contributed by atoms with Gasteiger partial charge in [0.2, 0.25) is 0 Å². The number of aromatic nitrogens is 2. The van der Waals surface area contributed by atoms with Crippen molar-refractivity contribution in [2.75, 3.05) is 50.0 Å². The average Bonchev–Trinajstić information content (AvgIpc) is 3.67. The maximum Gasteiger partial charge on any atom is 0.319 e. The van der Waals surface area contributed by atoms with Crippen LogP contribution in [0.25, 0.3) is 32.1 Å². The van der Waals surface area contributed by atoms with E-state index in [0.717, 1.165) is 50.0 Å². The van der Waals surface area contributed by atoms with Crippen LogP contribution in [0.15, 0.2) is 12.1 Å². The van der Waals surface area contributed by atoms with E-state index in [9.17, 15) is 14.0 Å². The van der Waals surface area contributed by atoms with Crippen LogP contribution >= 0.6 is 22.9 Å². The van der Waals surface area contributed by atoms with E-state index in [1.807, 2.05) is 11.0 Å². The third-order valence-electron chi connectivity index (χ3n) is 10.3. The molecule has 2 aromatic heterocycles. The number of anilines is 2. The zero-order valence-corrected chi connectivity index (χ0v) is 27.1. The fourth-order valence-corrected chi connectivity index (χ4v) is 9.20. The van der Waals surface area contributed by atoms with Gasteiger partial charge >= 0.3 is 6.01 Å². The Morgan fingerprint density at radius 2 is 1.98 bits per heavy atom. The molecule has 0 bridgehead atoms. The highest BCUT2D eigenvalue weighted by Gasteiger charge is 2.49. The van der Waals surface area contributed by atoms with Crippen LogP contribution in [0.3, 0.4) is 0 Å². The molecule has 0 spiro atoms. The Hall–Kier alpha value is -3.57. The third kappa shape index (κ3) is 4.86. The second-order valence-electron chi connectivity index (χ2n) is 13.3. The number of nitrogen functional groups attached to an aromatic ring is 1. The minimum absolute atomic E-state index is 0.0362. The lowest BCUT2D eigenvalue weighted by atomic mass is 9.77. The third-order valence-corrected chi connectivity index (χ3v) is 11.7. The van der Waals surface area contributed by atoms with E-state index in [1.165, 1.54) is 12.1 Å². The number of nitrogens with zero attached hydrogens (tertiary/aromatic N) is 5. The van der Waals surface area contributed by atoms with Gasteiger partial charge in [-0.2, -0.15) is 15.2 Å². The topological polar surface area (TPSA) is 127 Å². The zero-order valence-electron chi connectivity index (χ0n) is 25.6. The quantitative estimate of drug-likeness (QED) is 0.240. The van der Waals surface area contributed by atoms with Crippen LogP contribution in [-0.4, -0.2) is 71.5 Å². The summed E-state index contributed by atoms with van der Waals surface area (Å²) in [4.78, 5) is 13.6. The summed E-state index contributed by atoms with van der Waals surface area (Å²) in [5.41, 5.74) is 12.0. The molecule has 0 amide bonds. The smallest absolute Gasteiger partial charge is 0.319 e. The molecular weight excluding hydrogens is 651 g/mol. The highest BCUT2D eigenvalue weighted by molar-refractivity contribution is 7.23. The van der Waals surface area contributed by atoms with Gasteiger partial charge in [0.1, 0.15) is 41.0 Å². The fourth-order valence-electron chi connectivity index (χ4n) is 7.92. The van der Waals surface area contributed by atoms with Crippen molar-refractivity contribution in [1.82, 2.24) is 14.9 Å². The van der Waals surface area contributed by atoms with E-state index >= 15 is 4.39 Å². The monoisotopic (exact) mass is 683 g/mol. The molecular formula is C33H33ClF3N7O2S. The molecule has 2 atom stereocenters. The van der Waals surface area contributed by atoms with Crippen LogP contribution < -0.4 is 25.8 Å². The first-order chi connectivity index (χ1) is 22.6. The lowest BCUT2D eigenvalue weighted by Gasteiger charge is -2.43. The van der Waals surface area contributed by atoms with Crippen LogP contribution in [0.4, 0.5) is 24.0 Å². The average molecular weight is 684 g/mol. The fraction of sp³-hybridized carbons (Fsp3) is 0.485. The molecule has 3 aliphatic heterocycles. The van der Waals surface area contributed by atoms with Crippen LogP contribution in [0.5, 0.6) is 11.8 Å². The lowest BCUT2D eigenvalue weighted by molar-refractivity contribution is 0.107. The van der Waals surface area contributed by atoms with E-state index in [1.54, 1.807) is 0 Å². The Bertz CT molecular complexity index is 1980. The molecule has 5 heterocycles. The number of benzene rings is 2. The van der Waals surface area contributed by atoms with Crippen LogP contribution in [0, 0.1) is 23.0 Å². The predicted molar refractivity (Wildman–Crippen MR) is 176 cm³/mol. The summed E-state index contributed by atoms with van der Waals surface area (Å²) in [5, 5.41) is 10.4.